The molecule has 0 bridgehead atoms. The first kappa shape index (κ1) is 22.0. The van der Waals surface area contributed by atoms with Gasteiger partial charge in [0.2, 0.25) is 0 Å². The molecule has 1 aromatic carbocycles. The highest BCUT2D eigenvalue weighted by atomic mass is 32.2. The monoisotopic (exact) mass is 469 g/mol. The third kappa shape index (κ3) is 4.37. The Morgan fingerprint density at radius 3 is 2.56 bits per heavy atom. The Kier molecular flexibility index (Phi) is 5.98. The summed E-state index contributed by atoms with van der Waals surface area (Å²) in [5.74, 6) is 0.00441. The Hall–Kier alpha value is -3.24. The molecule has 4 aromatic rings. The van der Waals surface area contributed by atoms with Crippen molar-refractivity contribution in [3.8, 4) is 21.8 Å². The molecule has 0 amide bonds. The summed E-state index contributed by atoms with van der Waals surface area (Å²) in [5, 5.41) is 0.826. The van der Waals surface area contributed by atoms with Gasteiger partial charge >= 0.3 is 0 Å². The standard InChI is InChI=1S/C22H20FN5O2S2/c1-13(2)22-27-20(21(31-22)18-9-11-25-14(3)26-18)16-7-4-8-17(19(16)23)28-32(29,30)15-6-5-10-24-12-15/h4-13,28H,1-3H3. The average Bonchev–Trinajstić information content (AvgIpc) is 3.21. The van der Waals surface area contributed by atoms with Crippen LogP contribution in [-0.4, -0.2) is 28.4 Å². The van der Waals surface area contributed by atoms with Crippen molar-refractivity contribution in [1.29, 1.82) is 0 Å². The fraction of sp³-hybridized carbons (Fsp3) is 0.182. The largest absolute Gasteiger partial charge is 0.277 e. The van der Waals surface area contributed by atoms with E-state index >= 15 is 4.39 Å². The zero-order valence-corrected chi connectivity index (χ0v) is 19.2. The molecule has 4 rings (SSSR count). The van der Waals surface area contributed by atoms with Crippen LogP contribution in [0.5, 0.6) is 0 Å². The van der Waals surface area contributed by atoms with Gasteiger partial charge in [0.1, 0.15) is 10.7 Å². The van der Waals surface area contributed by atoms with Crippen LogP contribution < -0.4 is 4.72 Å². The molecule has 0 aliphatic carbocycles. The van der Waals surface area contributed by atoms with Crippen molar-refractivity contribution in [2.45, 2.75) is 31.6 Å². The van der Waals surface area contributed by atoms with E-state index < -0.39 is 15.8 Å². The van der Waals surface area contributed by atoms with Crippen molar-refractivity contribution in [2.24, 2.45) is 0 Å². The summed E-state index contributed by atoms with van der Waals surface area (Å²) in [4.78, 5) is 17.7. The van der Waals surface area contributed by atoms with Crippen LogP contribution in [-0.2, 0) is 10.0 Å². The predicted octanol–water partition coefficient (Wildman–Crippen LogP) is 5.03. The molecule has 0 aliphatic rings. The first-order chi connectivity index (χ1) is 15.3. The van der Waals surface area contributed by atoms with Crippen molar-refractivity contribution >= 4 is 27.0 Å². The molecule has 0 fully saturated rings. The molecule has 0 unspecified atom stereocenters. The number of rotatable bonds is 6. The Labute approximate surface area is 189 Å². The van der Waals surface area contributed by atoms with Crippen LogP contribution in [0.4, 0.5) is 10.1 Å². The maximum atomic E-state index is 15.6. The lowest BCUT2D eigenvalue weighted by molar-refractivity contribution is 0.598. The molecule has 7 nitrogen and oxygen atoms in total. The number of hydrogen-bond donors (Lipinski definition) is 1. The number of aromatic nitrogens is 4. The van der Waals surface area contributed by atoms with Crippen molar-refractivity contribution in [1.82, 2.24) is 19.9 Å². The minimum absolute atomic E-state index is 0.0577. The van der Waals surface area contributed by atoms with Crippen LogP contribution in [0.1, 0.15) is 30.6 Å². The van der Waals surface area contributed by atoms with E-state index in [9.17, 15) is 8.42 Å². The van der Waals surface area contributed by atoms with E-state index in [0.717, 1.165) is 5.01 Å². The molecule has 0 saturated carbocycles. The number of hydrogen-bond acceptors (Lipinski definition) is 7. The molecular weight excluding hydrogens is 449 g/mol. The Morgan fingerprint density at radius 1 is 1.06 bits per heavy atom. The first-order valence-electron chi connectivity index (χ1n) is 9.78. The number of pyridine rings is 1. The number of nitrogens with zero attached hydrogens (tertiary/aromatic N) is 4. The highest BCUT2D eigenvalue weighted by Gasteiger charge is 2.23. The molecule has 10 heteroatoms. The molecule has 164 valence electrons. The molecule has 0 aliphatic heterocycles. The van der Waals surface area contributed by atoms with Gasteiger partial charge in [-0.3, -0.25) is 9.71 Å². The first-order valence-corrected chi connectivity index (χ1v) is 12.1. The second-order valence-electron chi connectivity index (χ2n) is 7.33. The summed E-state index contributed by atoms with van der Waals surface area (Å²) < 4.78 is 43.2. The fourth-order valence-electron chi connectivity index (χ4n) is 3.03. The molecule has 0 radical (unpaired) electrons. The third-order valence-electron chi connectivity index (χ3n) is 4.59. The quantitative estimate of drug-likeness (QED) is 0.425. The number of halogens is 1. The van der Waals surface area contributed by atoms with Gasteiger partial charge in [-0.15, -0.1) is 11.3 Å². The van der Waals surface area contributed by atoms with Crippen molar-refractivity contribution in [3.63, 3.8) is 0 Å². The van der Waals surface area contributed by atoms with E-state index in [4.69, 9.17) is 0 Å². The Bertz CT molecular complexity index is 1370. The van der Waals surface area contributed by atoms with Crippen molar-refractivity contribution in [2.75, 3.05) is 4.72 Å². The minimum atomic E-state index is -4.00. The molecule has 0 spiro atoms. The number of benzene rings is 1. The van der Waals surface area contributed by atoms with E-state index in [1.165, 1.54) is 41.9 Å². The summed E-state index contributed by atoms with van der Waals surface area (Å²) in [5.41, 5.74) is 1.07. The number of aryl methyl sites for hydroxylation is 1. The Balaban J connectivity index is 1.82. The van der Waals surface area contributed by atoms with Gasteiger partial charge in [-0.2, -0.15) is 0 Å². The average molecular weight is 470 g/mol. The lowest BCUT2D eigenvalue weighted by atomic mass is 10.1. The zero-order chi connectivity index (χ0) is 22.9. The normalized spacial score (nSPS) is 11.7. The SMILES string of the molecule is Cc1nccc(-c2sc(C(C)C)nc2-c2cccc(NS(=O)(=O)c3cccnc3)c2F)n1. The van der Waals surface area contributed by atoms with Gasteiger partial charge in [-0.25, -0.2) is 27.8 Å². The number of nitrogens with one attached hydrogen (secondary N) is 1. The molecule has 1 N–H and O–H groups in total. The van der Waals surface area contributed by atoms with Gasteiger partial charge in [0.15, 0.2) is 5.82 Å². The van der Waals surface area contributed by atoms with E-state index in [1.54, 1.807) is 31.3 Å². The summed E-state index contributed by atoms with van der Waals surface area (Å²) >= 11 is 1.43. The van der Waals surface area contributed by atoms with Gasteiger partial charge in [-0.1, -0.05) is 19.9 Å². The zero-order valence-electron chi connectivity index (χ0n) is 17.6. The smallest absolute Gasteiger partial charge is 0.263 e. The van der Waals surface area contributed by atoms with Crippen LogP contribution in [0.3, 0.4) is 0 Å². The maximum Gasteiger partial charge on any atom is 0.263 e. The van der Waals surface area contributed by atoms with Gasteiger partial charge in [0.05, 0.1) is 27.0 Å². The fourth-order valence-corrected chi connectivity index (χ4v) is 5.10. The topological polar surface area (TPSA) is 97.7 Å². The molecular formula is C22H20FN5O2S2. The van der Waals surface area contributed by atoms with Gasteiger partial charge in [0.25, 0.3) is 10.0 Å². The maximum absolute atomic E-state index is 15.6. The summed E-state index contributed by atoms with van der Waals surface area (Å²) in [6, 6.07) is 9.18. The molecule has 0 saturated heterocycles. The second-order valence-corrected chi connectivity index (χ2v) is 10.0. The van der Waals surface area contributed by atoms with Crippen LogP contribution in [0.2, 0.25) is 0 Å². The van der Waals surface area contributed by atoms with Crippen molar-refractivity contribution in [3.05, 3.63) is 71.6 Å². The van der Waals surface area contributed by atoms with Gasteiger partial charge < -0.3 is 0 Å². The van der Waals surface area contributed by atoms with Gasteiger partial charge in [0, 0.05) is 30.1 Å². The third-order valence-corrected chi connectivity index (χ3v) is 7.32. The van der Waals surface area contributed by atoms with Crippen LogP contribution in [0.15, 0.2) is 59.9 Å². The molecule has 32 heavy (non-hydrogen) atoms. The number of sulfonamides is 1. The van der Waals surface area contributed by atoms with Gasteiger partial charge in [-0.05, 0) is 37.3 Å². The lowest BCUT2D eigenvalue weighted by Crippen LogP contribution is -2.14. The lowest BCUT2D eigenvalue weighted by Gasteiger charge is -2.11. The van der Waals surface area contributed by atoms with E-state index in [0.29, 0.717) is 22.1 Å². The second kappa shape index (κ2) is 8.71. The van der Waals surface area contributed by atoms with Crippen LogP contribution in [0, 0.1) is 12.7 Å². The Morgan fingerprint density at radius 2 is 1.88 bits per heavy atom. The molecule has 3 aromatic heterocycles. The number of anilines is 1. The minimum Gasteiger partial charge on any atom is -0.277 e. The van der Waals surface area contributed by atoms with Crippen LogP contribution in [0.25, 0.3) is 21.8 Å². The van der Waals surface area contributed by atoms with E-state index in [1.807, 2.05) is 13.8 Å². The van der Waals surface area contributed by atoms with E-state index in [-0.39, 0.29) is 22.1 Å². The van der Waals surface area contributed by atoms with Crippen LogP contribution >= 0.6 is 11.3 Å². The summed E-state index contributed by atoms with van der Waals surface area (Å²) in [6.07, 6.45) is 4.31. The summed E-state index contributed by atoms with van der Waals surface area (Å²) in [7, 11) is -4.00. The van der Waals surface area contributed by atoms with E-state index in [2.05, 4.69) is 24.7 Å². The highest BCUT2D eigenvalue weighted by Crippen LogP contribution is 2.40. The number of thiazole rings is 1. The summed E-state index contributed by atoms with van der Waals surface area (Å²) in [6.45, 7) is 5.79. The van der Waals surface area contributed by atoms with Crippen molar-refractivity contribution < 1.29 is 12.8 Å². The molecule has 0 atom stereocenters. The predicted molar refractivity (Wildman–Crippen MR) is 122 cm³/mol. The highest BCUT2D eigenvalue weighted by molar-refractivity contribution is 7.92. The molecule has 3 heterocycles.